The fourth-order valence-corrected chi connectivity index (χ4v) is 3.80. The molecular formula is C20H25NO. The Hall–Kier alpha value is -1.83. The second kappa shape index (κ2) is 4.84. The van der Waals surface area contributed by atoms with Gasteiger partial charge in [0, 0.05) is 11.8 Å². The van der Waals surface area contributed by atoms with Crippen LogP contribution < -0.4 is 0 Å². The van der Waals surface area contributed by atoms with Crippen LogP contribution >= 0.6 is 0 Å². The highest BCUT2D eigenvalue weighted by Gasteiger charge is 2.38. The highest BCUT2D eigenvalue weighted by atomic mass is 16.1. The molecule has 1 aliphatic rings. The number of aromatic nitrogens is 1. The first-order valence-corrected chi connectivity index (χ1v) is 8.04. The van der Waals surface area contributed by atoms with E-state index in [9.17, 15) is 4.79 Å². The molecule has 116 valence electrons. The Balaban J connectivity index is 2.31. The summed E-state index contributed by atoms with van der Waals surface area (Å²) in [7, 11) is 0. The molecule has 0 spiro atoms. The number of H-pyrrole nitrogens is 1. The van der Waals surface area contributed by atoms with Crippen molar-refractivity contribution in [3.63, 3.8) is 0 Å². The van der Waals surface area contributed by atoms with E-state index >= 15 is 0 Å². The number of aromatic amines is 1. The van der Waals surface area contributed by atoms with Gasteiger partial charge in [-0.2, -0.15) is 0 Å². The van der Waals surface area contributed by atoms with E-state index < -0.39 is 0 Å². The fraction of sp³-hybridized carbons (Fsp3) is 0.450. The third kappa shape index (κ3) is 2.31. The molecule has 0 radical (unpaired) electrons. The molecule has 3 rings (SSSR count). The molecule has 0 saturated carbocycles. The molecule has 1 heterocycles. The summed E-state index contributed by atoms with van der Waals surface area (Å²) in [5.74, 6) is 0. The standard InChI is InChI=1S/C20H25NO/c1-13-8-16(14-10-15(12-22)21-11-14)18-17(9-13)19(2,3)6-7-20(18,4)5/h8-12,21H,6-7H2,1-5H3. The molecule has 0 saturated heterocycles. The number of rotatable bonds is 2. The van der Waals surface area contributed by atoms with E-state index in [1.807, 2.05) is 12.3 Å². The van der Waals surface area contributed by atoms with Gasteiger partial charge in [-0.1, -0.05) is 45.4 Å². The molecule has 2 aromatic rings. The van der Waals surface area contributed by atoms with E-state index in [1.54, 1.807) is 0 Å². The lowest BCUT2D eigenvalue weighted by Gasteiger charge is -2.43. The van der Waals surface area contributed by atoms with Crippen LogP contribution in [0.25, 0.3) is 11.1 Å². The molecule has 1 aromatic carbocycles. The van der Waals surface area contributed by atoms with Crippen molar-refractivity contribution < 1.29 is 4.79 Å². The Morgan fingerprint density at radius 1 is 1.05 bits per heavy atom. The normalized spacial score (nSPS) is 18.8. The maximum Gasteiger partial charge on any atom is 0.166 e. The highest BCUT2D eigenvalue weighted by molar-refractivity contribution is 5.79. The Labute approximate surface area is 133 Å². The third-order valence-electron chi connectivity index (χ3n) is 5.21. The third-order valence-corrected chi connectivity index (χ3v) is 5.21. The number of hydrogen-bond donors (Lipinski definition) is 1. The summed E-state index contributed by atoms with van der Waals surface area (Å²) in [5.41, 5.74) is 7.59. The molecule has 0 atom stereocenters. The number of nitrogens with one attached hydrogen (secondary N) is 1. The lowest BCUT2D eigenvalue weighted by molar-refractivity contribution is 0.111. The molecule has 0 amide bonds. The summed E-state index contributed by atoms with van der Waals surface area (Å²) in [6, 6.07) is 6.58. The van der Waals surface area contributed by atoms with Crippen molar-refractivity contribution in [1.29, 1.82) is 0 Å². The zero-order chi connectivity index (χ0) is 16.1. The van der Waals surface area contributed by atoms with Gasteiger partial charge < -0.3 is 4.98 Å². The SMILES string of the molecule is Cc1cc(-c2c[nH]c(C=O)c2)c2c(c1)C(C)(C)CCC2(C)C. The number of carbonyl (C=O) groups excluding carboxylic acids is 1. The molecule has 1 N–H and O–H groups in total. The minimum absolute atomic E-state index is 0.159. The zero-order valence-electron chi connectivity index (χ0n) is 14.2. The van der Waals surface area contributed by atoms with Crippen LogP contribution in [-0.4, -0.2) is 11.3 Å². The smallest absolute Gasteiger partial charge is 0.166 e. The maximum absolute atomic E-state index is 11.0. The Bertz CT molecular complexity index is 734. The second-order valence-electron chi connectivity index (χ2n) is 7.96. The van der Waals surface area contributed by atoms with Crippen LogP contribution in [0, 0.1) is 6.92 Å². The first kappa shape index (κ1) is 15.1. The molecule has 2 nitrogen and oxygen atoms in total. The van der Waals surface area contributed by atoms with Crippen LogP contribution in [-0.2, 0) is 10.8 Å². The summed E-state index contributed by atoms with van der Waals surface area (Å²) >= 11 is 0. The Kier molecular flexibility index (Phi) is 3.32. The second-order valence-corrected chi connectivity index (χ2v) is 7.96. The van der Waals surface area contributed by atoms with Crippen LogP contribution in [0.15, 0.2) is 24.4 Å². The minimum atomic E-state index is 0.159. The zero-order valence-corrected chi connectivity index (χ0v) is 14.2. The number of aryl methyl sites for hydroxylation is 1. The van der Waals surface area contributed by atoms with Crippen molar-refractivity contribution in [2.75, 3.05) is 0 Å². The van der Waals surface area contributed by atoms with Gasteiger partial charge in [0.25, 0.3) is 0 Å². The van der Waals surface area contributed by atoms with Crippen LogP contribution in [0.3, 0.4) is 0 Å². The Morgan fingerprint density at radius 2 is 1.73 bits per heavy atom. The minimum Gasteiger partial charge on any atom is -0.358 e. The number of fused-ring (bicyclic) bond motifs is 1. The number of carbonyl (C=O) groups is 1. The van der Waals surface area contributed by atoms with E-state index in [4.69, 9.17) is 0 Å². The van der Waals surface area contributed by atoms with Crippen LogP contribution in [0.2, 0.25) is 0 Å². The molecule has 0 aliphatic heterocycles. The largest absolute Gasteiger partial charge is 0.358 e. The van der Waals surface area contributed by atoms with Gasteiger partial charge in [-0.25, -0.2) is 0 Å². The van der Waals surface area contributed by atoms with E-state index in [0.717, 1.165) is 11.8 Å². The highest BCUT2D eigenvalue weighted by Crippen LogP contribution is 2.49. The lowest BCUT2D eigenvalue weighted by Crippen LogP contribution is -2.34. The molecule has 2 heteroatoms. The summed E-state index contributed by atoms with van der Waals surface area (Å²) in [5, 5.41) is 0. The summed E-state index contributed by atoms with van der Waals surface area (Å²) < 4.78 is 0. The first-order valence-electron chi connectivity index (χ1n) is 8.04. The van der Waals surface area contributed by atoms with Gasteiger partial charge in [0.2, 0.25) is 0 Å². The van der Waals surface area contributed by atoms with Gasteiger partial charge in [0.05, 0.1) is 5.69 Å². The lowest BCUT2D eigenvalue weighted by atomic mass is 9.61. The average molecular weight is 295 g/mol. The van der Waals surface area contributed by atoms with Crippen molar-refractivity contribution in [2.45, 2.75) is 58.3 Å². The van der Waals surface area contributed by atoms with Crippen LogP contribution in [0.4, 0.5) is 0 Å². The molecule has 0 fully saturated rings. The summed E-state index contributed by atoms with van der Waals surface area (Å²) in [6.45, 7) is 11.5. The van der Waals surface area contributed by atoms with Gasteiger partial charge in [-0.3, -0.25) is 4.79 Å². The molecule has 1 aromatic heterocycles. The quantitative estimate of drug-likeness (QED) is 0.763. The van der Waals surface area contributed by atoms with Crippen LogP contribution in [0.5, 0.6) is 0 Å². The number of aldehydes is 1. The predicted molar refractivity (Wildman–Crippen MR) is 91.6 cm³/mol. The van der Waals surface area contributed by atoms with E-state index in [-0.39, 0.29) is 10.8 Å². The van der Waals surface area contributed by atoms with Gasteiger partial charge in [0.15, 0.2) is 6.29 Å². The van der Waals surface area contributed by atoms with Crippen molar-refractivity contribution in [2.24, 2.45) is 0 Å². The van der Waals surface area contributed by atoms with Crippen LogP contribution in [0.1, 0.15) is 67.7 Å². The fourth-order valence-electron chi connectivity index (χ4n) is 3.80. The molecule has 0 bridgehead atoms. The van der Waals surface area contributed by atoms with Gasteiger partial charge in [0.1, 0.15) is 0 Å². The first-order chi connectivity index (χ1) is 10.2. The molecule has 1 aliphatic carbocycles. The van der Waals surface area contributed by atoms with Crippen molar-refractivity contribution in [1.82, 2.24) is 4.98 Å². The molecule has 22 heavy (non-hydrogen) atoms. The summed E-state index contributed by atoms with van der Waals surface area (Å²) in [6.07, 6.45) is 5.23. The Morgan fingerprint density at radius 3 is 2.36 bits per heavy atom. The predicted octanol–water partition coefficient (Wildman–Crippen LogP) is 5.15. The van der Waals surface area contributed by atoms with Crippen molar-refractivity contribution in [3.05, 3.63) is 46.8 Å². The topological polar surface area (TPSA) is 32.9 Å². The molecule has 0 unspecified atom stereocenters. The number of benzene rings is 1. The average Bonchev–Trinajstić information content (AvgIpc) is 2.92. The van der Waals surface area contributed by atoms with Gasteiger partial charge in [-0.15, -0.1) is 0 Å². The van der Waals surface area contributed by atoms with E-state index in [2.05, 4.69) is 51.7 Å². The molecular weight excluding hydrogens is 270 g/mol. The monoisotopic (exact) mass is 295 g/mol. The maximum atomic E-state index is 11.0. The van der Waals surface area contributed by atoms with E-state index in [0.29, 0.717) is 5.69 Å². The number of hydrogen-bond acceptors (Lipinski definition) is 1. The van der Waals surface area contributed by atoms with Crippen molar-refractivity contribution >= 4 is 6.29 Å². The van der Waals surface area contributed by atoms with E-state index in [1.165, 1.54) is 35.1 Å². The van der Waals surface area contributed by atoms with Gasteiger partial charge in [-0.05, 0) is 53.4 Å². The van der Waals surface area contributed by atoms with Crippen molar-refractivity contribution in [3.8, 4) is 11.1 Å². The summed E-state index contributed by atoms with van der Waals surface area (Å²) in [4.78, 5) is 14.1. The van der Waals surface area contributed by atoms with Gasteiger partial charge >= 0.3 is 0 Å².